The SMILES string of the molecule is CC12CCC(C)(C(=Cc3ccccc3)C1=O)C2(C)C.CCCCCCCCOC(=O)C=Cc1ccc(OC)cc1. The number of hydrogen-bond donors (Lipinski definition) is 0. The lowest BCUT2D eigenvalue weighted by atomic mass is 9.65. The number of rotatable bonds is 11. The van der Waals surface area contributed by atoms with Gasteiger partial charge >= 0.3 is 5.97 Å². The minimum absolute atomic E-state index is 0.0225. The van der Waals surface area contributed by atoms with E-state index in [9.17, 15) is 9.59 Å². The number of carbonyl (C=O) groups is 2. The van der Waals surface area contributed by atoms with Crippen LogP contribution in [-0.4, -0.2) is 25.5 Å². The molecule has 40 heavy (non-hydrogen) atoms. The zero-order valence-electron chi connectivity index (χ0n) is 25.4. The Hall–Kier alpha value is -3.14. The maximum Gasteiger partial charge on any atom is 0.330 e. The highest BCUT2D eigenvalue weighted by Gasteiger charge is 2.70. The Morgan fingerprint density at radius 3 is 2.05 bits per heavy atom. The van der Waals surface area contributed by atoms with Crippen LogP contribution < -0.4 is 4.74 Å². The number of unbranched alkanes of at least 4 members (excludes halogenated alkanes) is 5. The largest absolute Gasteiger partial charge is 0.497 e. The van der Waals surface area contributed by atoms with Gasteiger partial charge in [-0.2, -0.15) is 0 Å². The standard InChI is InChI=1S/C18H26O3.C18H22O/c1-3-4-5-6-7-8-15-21-18(19)14-11-16-9-12-17(20-2)13-10-16;1-16(2)17(3)10-11-18(16,4)15(19)14(17)12-13-8-6-5-7-9-13/h9-14H,3-8,15H2,1-2H3;5-9,12H,10-11H2,1-4H3. The molecule has 2 aliphatic rings. The molecule has 0 aliphatic heterocycles. The molecule has 216 valence electrons. The number of ether oxygens (including phenoxy) is 2. The topological polar surface area (TPSA) is 52.6 Å². The predicted molar refractivity (Wildman–Crippen MR) is 165 cm³/mol. The predicted octanol–water partition coefficient (Wildman–Crippen LogP) is 9.10. The summed E-state index contributed by atoms with van der Waals surface area (Å²) in [5.74, 6) is 0.896. The summed E-state index contributed by atoms with van der Waals surface area (Å²) in [6.45, 7) is 11.7. The van der Waals surface area contributed by atoms with Crippen molar-refractivity contribution in [3.05, 3.63) is 77.4 Å². The van der Waals surface area contributed by atoms with Crippen molar-refractivity contribution in [2.45, 2.75) is 86.0 Å². The van der Waals surface area contributed by atoms with Crippen molar-refractivity contribution in [3.63, 3.8) is 0 Å². The summed E-state index contributed by atoms with van der Waals surface area (Å²) in [6.07, 6.45) is 14.6. The van der Waals surface area contributed by atoms with Crippen molar-refractivity contribution in [2.24, 2.45) is 16.2 Å². The quantitative estimate of drug-likeness (QED) is 0.161. The third-order valence-corrected chi connectivity index (χ3v) is 9.60. The van der Waals surface area contributed by atoms with Crippen LogP contribution in [-0.2, 0) is 14.3 Å². The fourth-order valence-electron chi connectivity index (χ4n) is 6.07. The molecular formula is C36H48O4. The molecule has 0 aromatic heterocycles. The lowest BCUT2D eigenvalue weighted by Gasteiger charge is -2.37. The number of Topliss-reactive ketones (excluding diaryl/α,β-unsaturated/α-hetero) is 1. The number of carbonyl (C=O) groups excluding carboxylic acids is 2. The average Bonchev–Trinajstić information content (AvgIpc) is 3.21. The minimum Gasteiger partial charge on any atom is -0.497 e. The van der Waals surface area contributed by atoms with Crippen LogP contribution in [0, 0.1) is 16.2 Å². The highest BCUT2D eigenvalue weighted by atomic mass is 16.5. The summed E-state index contributed by atoms with van der Waals surface area (Å²) in [5, 5.41) is 0. The molecule has 0 saturated heterocycles. The fourth-order valence-corrected chi connectivity index (χ4v) is 6.07. The average molecular weight is 545 g/mol. The second-order valence-electron chi connectivity index (χ2n) is 12.1. The Kier molecular flexibility index (Phi) is 11.0. The van der Waals surface area contributed by atoms with E-state index in [0.29, 0.717) is 12.4 Å². The van der Waals surface area contributed by atoms with Gasteiger partial charge in [-0.1, -0.05) is 109 Å². The number of hydrogen-bond acceptors (Lipinski definition) is 4. The Bertz CT molecular complexity index is 1180. The van der Waals surface area contributed by atoms with Gasteiger partial charge in [0.15, 0.2) is 5.78 Å². The molecule has 2 atom stereocenters. The first-order valence-electron chi connectivity index (χ1n) is 14.9. The minimum atomic E-state index is -0.278. The number of allylic oxidation sites excluding steroid dienone is 1. The zero-order chi connectivity index (χ0) is 29.2. The Labute approximate surface area is 241 Å². The first kappa shape index (κ1) is 31.4. The summed E-state index contributed by atoms with van der Waals surface area (Å²) in [6, 6.07) is 17.7. The van der Waals surface area contributed by atoms with Crippen LogP contribution in [0.4, 0.5) is 0 Å². The maximum atomic E-state index is 12.8. The van der Waals surface area contributed by atoms with E-state index in [4.69, 9.17) is 9.47 Å². The lowest BCUT2D eigenvalue weighted by Crippen LogP contribution is -2.34. The highest BCUT2D eigenvalue weighted by Crippen LogP contribution is 2.72. The monoisotopic (exact) mass is 544 g/mol. The van der Waals surface area contributed by atoms with Gasteiger partial charge in [-0.3, -0.25) is 4.79 Å². The molecule has 4 heteroatoms. The van der Waals surface area contributed by atoms with E-state index in [1.165, 1.54) is 31.8 Å². The molecule has 2 aliphatic carbocycles. The Morgan fingerprint density at radius 1 is 0.825 bits per heavy atom. The number of methoxy groups -OCH3 is 1. The van der Waals surface area contributed by atoms with Gasteiger partial charge in [-0.05, 0) is 60.1 Å². The second-order valence-corrected chi connectivity index (χ2v) is 12.1. The van der Waals surface area contributed by atoms with E-state index >= 15 is 0 Å². The van der Waals surface area contributed by atoms with E-state index in [-0.39, 0.29) is 22.2 Å². The van der Waals surface area contributed by atoms with Gasteiger partial charge in [0.25, 0.3) is 0 Å². The van der Waals surface area contributed by atoms with Crippen LogP contribution in [0.2, 0.25) is 0 Å². The third-order valence-electron chi connectivity index (χ3n) is 9.60. The van der Waals surface area contributed by atoms with E-state index in [2.05, 4.69) is 52.8 Å². The van der Waals surface area contributed by atoms with Crippen LogP contribution in [0.3, 0.4) is 0 Å². The summed E-state index contributed by atoms with van der Waals surface area (Å²) in [5.41, 5.74) is 3.03. The molecule has 0 heterocycles. The smallest absolute Gasteiger partial charge is 0.330 e. The molecule has 2 aromatic carbocycles. The number of fused-ring (bicyclic) bond motifs is 2. The summed E-state index contributed by atoms with van der Waals surface area (Å²) >= 11 is 0. The van der Waals surface area contributed by atoms with Crippen molar-refractivity contribution >= 4 is 23.9 Å². The number of ketones is 1. The molecule has 2 aromatic rings. The first-order valence-corrected chi connectivity index (χ1v) is 14.9. The third kappa shape index (κ3) is 6.95. The molecule has 0 N–H and O–H groups in total. The van der Waals surface area contributed by atoms with Gasteiger partial charge in [-0.15, -0.1) is 0 Å². The van der Waals surface area contributed by atoms with Gasteiger partial charge in [0.2, 0.25) is 0 Å². The van der Waals surface area contributed by atoms with Gasteiger partial charge in [0.05, 0.1) is 13.7 Å². The van der Waals surface area contributed by atoms with Crippen LogP contribution in [0.5, 0.6) is 5.75 Å². The lowest BCUT2D eigenvalue weighted by molar-refractivity contribution is -0.137. The number of esters is 1. The molecule has 4 nitrogen and oxygen atoms in total. The maximum absolute atomic E-state index is 12.8. The summed E-state index contributed by atoms with van der Waals surface area (Å²) < 4.78 is 10.2. The van der Waals surface area contributed by atoms with Gasteiger partial charge in [0.1, 0.15) is 5.75 Å². The highest BCUT2D eigenvalue weighted by molar-refractivity contribution is 6.09. The van der Waals surface area contributed by atoms with Crippen molar-refractivity contribution < 1.29 is 19.1 Å². The second kappa shape index (κ2) is 14.0. The summed E-state index contributed by atoms with van der Waals surface area (Å²) in [7, 11) is 1.63. The van der Waals surface area contributed by atoms with Crippen molar-refractivity contribution in [3.8, 4) is 5.75 Å². The van der Waals surface area contributed by atoms with E-state index in [1.807, 2.05) is 42.5 Å². The van der Waals surface area contributed by atoms with E-state index in [0.717, 1.165) is 48.1 Å². The molecule has 0 spiro atoms. The van der Waals surface area contributed by atoms with E-state index in [1.54, 1.807) is 13.2 Å². The normalized spacial score (nSPS) is 23.8. The van der Waals surface area contributed by atoms with Gasteiger partial charge in [0, 0.05) is 22.5 Å². The van der Waals surface area contributed by atoms with Crippen molar-refractivity contribution in [2.75, 3.05) is 13.7 Å². The Morgan fingerprint density at radius 2 is 1.45 bits per heavy atom. The molecule has 4 rings (SSSR count). The Balaban J connectivity index is 0.000000221. The van der Waals surface area contributed by atoms with Crippen LogP contribution in [0.25, 0.3) is 12.2 Å². The molecule has 2 fully saturated rings. The molecule has 2 bridgehead atoms. The molecule has 2 saturated carbocycles. The number of benzene rings is 2. The summed E-state index contributed by atoms with van der Waals surface area (Å²) in [4.78, 5) is 24.4. The molecule has 2 unspecified atom stereocenters. The first-order chi connectivity index (χ1) is 19.1. The fraction of sp³-hybridized carbons (Fsp3) is 0.500. The van der Waals surface area contributed by atoms with Gasteiger partial charge < -0.3 is 9.47 Å². The van der Waals surface area contributed by atoms with Gasteiger partial charge in [-0.25, -0.2) is 4.79 Å². The van der Waals surface area contributed by atoms with Crippen LogP contribution in [0.1, 0.15) is 97.1 Å². The molecular weight excluding hydrogens is 496 g/mol. The zero-order valence-corrected chi connectivity index (χ0v) is 25.4. The van der Waals surface area contributed by atoms with E-state index < -0.39 is 0 Å². The molecule has 0 amide bonds. The van der Waals surface area contributed by atoms with Crippen molar-refractivity contribution in [1.29, 1.82) is 0 Å². The van der Waals surface area contributed by atoms with Crippen LogP contribution in [0.15, 0.2) is 66.2 Å². The van der Waals surface area contributed by atoms with Crippen molar-refractivity contribution in [1.82, 2.24) is 0 Å². The molecule has 0 radical (unpaired) electrons. The van der Waals surface area contributed by atoms with Crippen LogP contribution >= 0.6 is 0 Å².